The number of aromatic nitrogens is 1. The Bertz CT molecular complexity index is 666. The molecule has 0 N–H and O–H groups in total. The molecule has 1 aliphatic heterocycles. The average molecular weight is 272 g/mol. The summed E-state index contributed by atoms with van der Waals surface area (Å²) >= 11 is 0. The number of carbonyl (C=O) groups excluding carboxylic acids is 1. The van der Waals surface area contributed by atoms with E-state index in [1.165, 1.54) is 6.07 Å². The number of hydrogen-bond donors (Lipinski definition) is 0. The smallest absolute Gasteiger partial charge is 0.289 e. The van der Waals surface area contributed by atoms with Gasteiger partial charge in [-0.05, 0) is 31.0 Å². The highest BCUT2D eigenvalue weighted by Gasteiger charge is 2.22. The summed E-state index contributed by atoms with van der Waals surface area (Å²) in [5, 5.41) is 0. The number of rotatable bonds is 3. The molecule has 0 saturated carbocycles. The maximum absolute atomic E-state index is 12.1. The number of nitrogens with zero attached hydrogens (tertiary/aromatic N) is 2. The van der Waals surface area contributed by atoms with E-state index in [9.17, 15) is 9.59 Å². The minimum Gasteiger partial charge on any atom is -0.454 e. The van der Waals surface area contributed by atoms with E-state index in [2.05, 4.69) is 0 Å². The number of amides is 1. The Balaban J connectivity index is 1.75. The Morgan fingerprint density at radius 3 is 2.70 bits per heavy atom. The van der Waals surface area contributed by atoms with Crippen LogP contribution >= 0.6 is 0 Å². The summed E-state index contributed by atoms with van der Waals surface area (Å²) in [5.41, 5.74) is -0.0867. The SMILES string of the molecule is O=C(c1ccc(Cn2ccccc2=O)o1)N1CCCC1. The van der Waals surface area contributed by atoms with Gasteiger partial charge in [0.15, 0.2) is 5.76 Å². The van der Waals surface area contributed by atoms with Crippen molar-refractivity contribution in [3.63, 3.8) is 0 Å². The fourth-order valence-corrected chi connectivity index (χ4v) is 2.41. The van der Waals surface area contributed by atoms with Crippen molar-refractivity contribution in [3.8, 4) is 0 Å². The average Bonchev–Trinajstić information content (AvgIpc) is 3.12. The highest BCUT2D eigenvalue weighted by atomic mass is 16.4. The molecule has 0 atom stereocenters. The summed E-state index contributed by atoms with van der Waals surface area (Å²) in [6.45, 7) is 1.94. The van der Waals surface area contributed by atoms with Crippen LogP contribution in [0.3, 0.4) is 0 Å². The topological polar surface area (TPSA) is 55.5 Å². The van der Waals surface area contributed by atoms with Gasteiger partial charge in [-0.2, -0.15) is 0 Å². The van der Waals surface area contributed by atoms with Crippen molar-refractivity contribution in [2.24, 2.45) is 0 Å². The zero-order chi connectivity index (χ0) is 13.9. The van der Waals surface area contributed by atoms with Crippen molar-refractivity contribution in [3.05, 3.63) is 58.4 Å². The first-order valence-corrected chi connectivity index (χ1v) is 6.77. The summed E-state index contributed by atoms with van der Waals surface area (Å²) in [6, 6.07) is 8.43. The minimum absolute atomic E-state index is 0.0610. The Morgan fingerprint density at radius 2 is 1.95 bits per heavy atom. The van der Waals surface area contributed by atoms with Gasteiger partial charge in [-0.1, -0.05) is 6.07 Å². The third-order valence-electron chi connectivity index (χ3n) is 3.49. The van der Waals surface area contributed by atoms with Gasteiger partial charge in [0.2, 0.25) is 0 Å². The Morgan fingerprint density at radius 1 is 1.15 bits per heavy atom. The van der Waals surface area contributed by atoms with Crippen LogP contribution in [-0.2, 0) is 6.54 Å². The number of pyridine rings is 1. The van der Waals surface area contributed by atoms with E-state index in [4.69, 9.17) is 4.42 Å². The molecule has 0 spiro atoms. The molecule has 1 saturated heterocycles. The summed E-state index contributed by atoms with van der Waals surface area (Å²) in [7, 11) is 0. The van der Waals surface area contributed by atoms with Crippen LogP contribution < -0.4 is 5.56 Å². The molecule has 5 heteroatoms. The van der Waals surface area contributed by atoms with Crippen LogP contribution in [0.1, 0.15) is 29.2 Å². The summed E-state index contributed by atoms with van der Waals surface area (Å²) in [5.74, 6) is 0.904. The normalized spacial score (nSPS) is 14.7. The molecule has 0 aliphatic carbocycles. The molecule has 104 valence electrons. The van der Waals surface area contributed by atoms with Crippen LogP contribution in [0.2, 0.25) is 0 Å². The first-order chi connectivity index (χ1) is 9.74. The number of furan rings is 1. The van der Waals surface area contributed by atoms with Crippen LogP contribution in [0, 0.1) is 0 Å². The predicted molar refractivity (Wildman–Crippen MR) is 73.6 cm³/mol. The molecular weight excluding hydrogens is 256 g/mol. The highest BCUT2D eigenvalue weighted by molar-refractivity contribution is 5.91. The Labute approximate surface area is 116 Å². The molecule has 0 radical (unpaired) electrons. The van der Waals surface area contributed by atoms with Gasteiger partial charge in [0, 0.05) is 25.4 Å². The van der Waals surface area contributed by atoms with Gasteiger partial charge in [0.05, 0.1) is 6.54 Å². The lowest BCUT2D eigenvalue weighted by Gasteiger charge is -2.12. The van der Waals surface area contributed by atoms with E-state index in [0.29, 0.717) is 18.1 Å². The third-order valence-corrected chi connectivity index (χ3v) is 3.49. The fraction of sp³-hybridized carbons (Fsp3) is 0.333. The summed E-state index contributed by atoms with van der Waals surface area (Å²) < 4.78 is 7.11. The van der Waals surface area contributed by atoms with Crippen LogP contribution in [0.5, 0.6) is 0 Å². The van der Waals surface area contributed by atoms with E-state index in [0.717, 1.165) is 25.9 Å². The maximum atomic E-state index is 12.1. The molecule has 0 bridgehead atoms. The molecule has 1 amide bonds. The molecular formula is C15H16N2O3. The molecule has 2 aromatic rings. The van der Waals surface area contributed by atoms with Crippen molar-refractivity contribution in [2.45, 2.75) is 19.4 Å². The lowest BCUT2D eigenvalue weighted by atomic mass is 10.3. The molecule has 3 rings (SSSR count). The molecule has 5 nitrogen and oxygen atoms in total. The van der Waals surface area contributed by atoms with Gasteiger partial charge in [0.25, 0.3) is 11.5 Å². The van der Waals surface area contributed by atoms with E-state index >= 15 is 0 Å². The number of hydrogen-bond acceptors (Lipinski definition) is 3. The molecule has 20 heavy (non-hydrogen) atoms. The second-order valence-electron chi connectivity index (χ2n) is 4.93. The van der Waals surface area contributed by atoms with E-state index in [1.54, 1.807) is 39.9 Å². The Kier molecular flexibility index (Phi) is 3.41. The van der Waals surface area contributed by atoms with E-state index in [1.807, 2.05) is 0 Å². The largest absolute Gasteiger partial charge is 0.454 e. The minimum atomic E-state index is -0.0867. The molecule has 0 aromatic carbocycles. The van der Waals surface area contributed by atoms with E-state index in [-0.39, 0.29) is 11.5 Å². The molecule has 2 aromatic heterocycles. The van der Waals surface area contributed by atoms with Crippen LogP contribution in [0.15, 0.2) is 45.7 Å². The van der Waals surface area contributed by atoms with Crippen molar-refractivity contribution >= 4 is 5.91 Å². The number of carbonyl (C=O) groups is 1. The fourth-order valence-electron chi connectivity index (χ4n) is 2.41. The maximum Gasteiger partial charge on any atom is 0.289 e. The Hall–Kier alpha value is -2.30. The first kappa shape index (κ1) is 12.7. The first-order valence-electron chi connectivity index (χ1n) is 6.77. The summed E-state index contributed by atoms with van der Waals surface area (Å²) in [6.07, 6.45) is 3.81. The van der Waals surface area contributed by atoms with Gasteiger partial charge in [-0.25, -0.2) is 0 Å². The van der Waals surface area contributed by atoms with Crippen molar-refractivity contribution in [2.75, 3.05) is 13.1 Å². The standard InChI is InChI=1S/C15H16N2O3/c18-14-5-1-2-10-17(14)11-12-6-7-13(20-12)15(19)16-8-3-4-9-16/h1-2,5-7,10H,3-4,8-9,11H2. The van der Waals surface area contributed by atoms with Gasteiger partial charge in [0.1, 0.15) is 5.76 Å². The van der Waals surface area contributed by atoms with Gasteiger partial charge in [-0.3, -0.25) is 9.59 Å². The molecule has 1 aliphatic rings. The van der Waals surface area contributed by atoms with Gasteiger partial charge in [-0.15, -0.1) is 0 Å². The van der Waals surface area contributed by atoms with Gasteiger partial charge >= 0.3 is 0 Å². The monoisotopic (exact) mass is 272 g/mol. The second-order valence-corrected chi connectivity index (χ2v) is 4.93. The number of likely N-dealkylation sites (tertiary alicyclic amines) is 1. The molecule has 1 fully saturated rings. The van der Waals surface area contributed by atoms with Crippen LogP contribution in [-0.4, -0.2) is 28.5 Å². The van der Waals surface area contributed by atoms with Crippen molar-refractivity contribution in [1.29, 1.82) is 0 Å². The lowest BCUT2D eigenvalue weighted by Crippen LogP contribution is -2.27. The zero-order valence-corrected chi connectivity index (χ0v) is 11.1. The van der Waals surface area contributed by atoms with Crippen molar-refractivity contribution in [1.82, 2.24) is 9.47 Å². The predicted octanol–water partition coefficient (Wildman–Crippen LogP) is 1.73. The highest BCUT2D eigenvalue weighted by Crippen LogP contribution is 2.15. The summed E-state index contributed by atoms with van der Waals surface area (Å²) in [4.78, 5) is 25.6. The lowest BCUT2D eigenvalue weighted by molar-refractivity contribution is 0.0759. The van der Waals surface area contributed by atoms with Crippen LogP contribution in [0.4, 0.5) is 0 Å². The van der Waals surface area contributed by atoms with Crippen LogP contribution in [0.25, 0.3) is 0 Å². The third kappa shape index (κ3) is 2.52. The molecule has 3 heterocycles. The second kappa shape index (κ2) is 5.36. The zero-order valence-electron chi connectivity index (χ0n) is 11.1. The van der Waals surface area contributed by atoms with Gasteiger partial charge < -0.3 is 13.9 Å². The van der Waals surface area contributed by atoms with E-state index < -0.39 is 0 Å². The van der Waals surface area contributed by atoms with Crippen molar-refractivity contribution < 1.29 is 9.21 Å². The quantitative estimate of drug-likeness (QED) is 0.855. The molecule has 0 unspecified atom stereocenters.